The fourth-order valence-electron chi connectivity index (χ4n) is 2.90. The van der Waals surface area contributed by atoms with Crippen LogP contribution in [0.2, 0.25) is 5.02 Å². The van der Waals surface area contributed by atoms with Gasteiger partial charge in [0.1, 0.15) is 18.0 Å². The minimum Gasteiger partial charge on any atom is -0.497 e. The highest BCUT2D eigenvalue weighted by Crippen LogP contribution is 2.35. The third-order valence-corrected chi connectivity index (χ3v) is 6.57. The van der Waals surface area contributed by atoms with Gasteiger partial charge in [-0.15, -0.1) is 0 Å². The van der Waals surface area contributed by atoms with Crippen LogP contribution in [-0.4, -0.2) is 41.3 Å². The van der Waals surface area contributed by atoms with Gasteiger partial charge >= 0.3 is 0 Å². The summed E-state index contributed by atoms with van der Waals surface area (Å²) < 4.78 is 38.5. The molecular formula is C23H22ClN3O5S. The van der Waals surface area contributed by atoms with Crippen LogP contribution >= 0.6 is 11.6 Å². The number of nitrogens with one attached hydrogen (secondary N) is 1. The van der Waals surface area contributed by atoms with Crippen LogP contribution < -0.4 is 19.2 Å². The van der Waals surface area contributed by atoms with Gasteiger partial charge in [-0.25, -0.2) is 13.8 Å². The zero-order chi connectivity index (χ0) is 23.8. The molecule has 0 bridgehead atoms. The number of hydrogen-bond donors (Lipinski definition) is 1. The molecule has 3 aromatic rings. The maximum atomic E-state index is 13.5. The summed E-state index contributed by atoms with van der Waals surface area (Å²) in [5.41, 5.74) is 3.22. The topological polar surface area (TPSA) is 97.3 Å². The predicted octanol–water partition coefficient (Wildman–Crippen LogP) is 3.70. The number of ether oxygens (including phenoxy) is 2. The predicted molar refractivity (Wildman–Crippen MR) is 128 cm³/mol. The number of methoxy groups -OCH3 is 2. The SMILES string of the molecule is COc1ccc(OC)c(N(CC(=O)N/N=C\c2ccc(Cl)cc2)S(=O)(=O)c2ccccc2)c1. The molecule has 8 nitrogen and oxygen atoms in total. The van der Waals surface area contributed by atoms with Gasteiger partial charge < -0.3 is 9.47 Å². The molecule has 0 radical (unpaired) electrons. The summed E-state index contributed by atoms with van der Waals surface area (Å²) in [7, 11) is -1.25. The lowest BCUT2D eigenvalue weighted by atomic mass is 10.2. The number of carbonyl (C=O) groups excluding carboxylic acids is 1. The number of nitrogens with zero attached hydrogens (tertiary/aromatic N) is 2. The van der Waals surface area contributed by atoms with Crippen molar-refractivity contribution < 1.29 is 22.7 Å². The second-order valence-electron chi connectivity index (χ2n) is 6.71. The van der Waals surface area contributed by atoms with Gasteiger partial charge in [0.2, 0.25) is 0 Å². The molecule has 3 aromatic carbocycles. The van der Waals surface area contributed by atoms with Gasteiger partial charge in [-0.1, -0.05) is 41.9 Å². The molecule has 0 fully saturated rings. The number of hydrogen-bond acceptors (Lipinski definition) is 6. The van der Waals surface area contributed by atoms with E-state index in [4.69, 9.17) is 21.1 Å². The molecule has 0 aliphatic rings. The van der Waals surface area contributed by atoms with Crippen LogP contribution in [0.25, 0.3) is 0 Å². The van der Waals surface area contributed by atoms with Crippen LogP contribution in [0.15, 0.2) is 82.8 Å². The van der Waals surface area contributed by atoms with Gasteiger partial charge in [-0.3, -0.25) is 9.10 Å². The molecule has 0 aromatic heterocycles. The average molecular weight is 488 g/mol. The van der Waals surface area contributed by atoms with E-state index in [1.165, 1.54) is 38.6 Å². The van der Waals surface area contributed by atoms with Crippen molar-refractivity contribution in [3.63, 3.8) is 0 Å². The average Bonchev–Trinajstić information content (AvgIpc) is 2.84. The van der Waals surface area contributed by atoms with E-state index in [1.807, 2.05) is 0 Å². The normalized spacial score (nSPS) is 11.2. The van der Waals surface area contributed by atoms with Crippen LogP contribution in [-0.2, 0) is 14.8 Å². The Labute approximate surface area is 197 Å². The first kappa shape index (κ1) is 24.1. The van der Waals surface area contributed by atoms with Crippen LogP contribution in [0.1, 0.15) is 5.56 Å². The number of hydrazone groups is 1. The van der Waals surface area contributed by atoms with E-state index < -0.39 is 22.5 Å². The van der Waals surface area contributed by atoms with Crippen molar-refractivity contribution in [1.29, 1.82) is 0 Å². The van der Waals surface area contributed by atoms with E-state index in [-0.39, 0.29) is 16.3 Å². The van der Waals surface area contributed by atoms with E-state index in [1.54, 1.807) is 54.6 Å². The van der Waals surface area contributed by atoms with Gasteiger partial charge in [0.05, 0.1) is 31.0 Å². The first-order valence-electron chi connectivity index (χ1n) is 9.72. The second kappa shape index (κ2) is 10.8. The molecule has 0 spiro atoms. The Morgan fingerprint density at radius 2 is 1.73 bits per heavy atom. The molecular weight excluding hydrogens is 466 g/mol. The van der Waals surface area contributed by atoms with E-state index in [9.17, 15) is 13.2 Å². The van der Waals surface area contributed by atoms with Crippen molar-refractivity contribution in [2.24, 2.45) is 5.10 Å². The Morgan fingerprint density at radius 3 is 2.36 bits per heavy atom. The molecule has 172 valence electrons. The van der Waals surface area contributed by atoms with E-state index >= 15 is 0 Å². The fourth-order valence-corrected chi connectivity index (χ4v) is 4.47. The largest absolute Gasteiger partial charge is 0.497 e. The van der Waals surface area contributed by atoms with Crippen molar-refractivity contribution in [3.05, 3.63) is 83.4 Å². The lowest BCUT2D eigenvalue weighted by Crippen LogP contribution is -2.39. The van der Waals surface area contributed by atoms with Gasteiger partial charge in [0.25, 0.3) is 15.9 Å². The lowest BCUT2D eigenvalue weighted by Gasteiger charge is -2.25. The third-order valence-electron chi connectivity index (χ3n) is 4.55. The maximum Gasteiger partial charge on any atom is 0.264 e. The third kappa shape index (κ3) is 6.03. The van der Waals surface area contributed by atoms with Crippen molar-refractivity contribution in [2.75, 3.05) is 25.1 Å². The summed E-state index contributed by atoms with van der Waals surface area (Å²) in [6, 6.07) is 19.3. The van der Waals surface area contributed by atoms with Crippen molar-refractivity contribution in [2.45, 2.75) is 4.90 Å². The summed E-state index contributed by atoms with van der Waals surface area (Å²) in [5, 5.41) is 4.48. The molecule has 0 unspecified atom stereocenters. The Morgan fingerprint density at radius 1 is 1.03 bits per heavy atom. The molecule has 10 heteroatoms. The molecule has 1 amide bonds. The number of sulfonamides is 1. The zero-order valence-corrected chi connectivity index (χ0v) is 19.5. The second-order valence-corrected chi connectivity index (χ2v) is 9.01. The van der Waals surface area contributed by atoms with Crippen molar-refractivity contribution in [1.82, 2.24) is 5.43 Å². The number of amides is 1. The van der Waals surface area contributed by atoms with Crippen molar-refractivity contribution in [3.8, 4) is 11.5 Å². The molecule has 0 aliphatic carbocycles. The van der Waals surface area contributed by atoms with Gasteiger partial charge in [0, 0.05) is 11.1 Å². The molecule has 0 heterocycles. The van der Waals surface area contributed by atoms with Crippen LogP contribution in [0.4, 0.5) is 5.69 Å². The van der Waals surface area contributed by atoms with Gasteiger partial charge in [0.15, 0.2) is 0 Å². The first-order chi connectivity index (χ1) is 15.8. The minimum atomic E-state index is -4.12. The fraction of sp³-hybridized carbons (Fsp3) is 0.130. The van der Waals surface area contributed by atoms with E-state index in [2.05, 4.69) is 10.5 Å². The maximum absolute atomic E-state index is 13.5. The summed E-state index contributed by atoms with van der Waals surface area (Å²) in [6.45, 7) is -0.543. The molecule has 0 atom stereocenters. The molecule has 3 rings (SSSR count). The molecule has 0 aliphatic heterocycles. The number of carbonyl (C=O) groups is 1. The van der Waals surface area contributed by atoms with Crippen LogP contribution in [0, 0.1) is 0 Å². The quantitative estimate of drug-likeness (QED) is 0.366. The number of benzene rings is 3. The van der Waals surface area contributed by atoms with Crippen LogP contribution in [0.5, 0.6) is 11.5 Å². The number of halogens is 1. The smallest absolute Gasteiger partial charge is 0.264 e. The molecule has 0 saturated carbocycles. The molecule has 0 saturated heterocycles. The number of rotatable bonds is 9. The van der Waals surface area contributed by atoms with Gasteiger partial charge in [-0.05, 0) is 42.0 Å². The summed E-state index contributed by atoms with van der Waals surface area (Å²) in [4.78, 5) is 12.7. The summed E-state index contributed by atoms with van der Waals surface area (Å²) in [5.74, 6) is 0.0117. The standard InChI is InChI=1S/C23H22ClN3O5S/c1-31-19-12-13-22(32-2)21(14-19)27(33(29,30)20-6-4-3-5-7-20)16-23(28)26-25-15-17-8-10-18(24)11-9-17/h3-15H,16H2,1-2H3,(H,26,28)/b25-15-. The zero-order valence-electron chi connectivity index (χ0n) is 17.9. The highest BCUT2D eigenvalue weighted by atomic mass is 35.5. The first-order valence-corrected chi connectivity index (χ1v) is 11.5. The van der Waals surface area contributed by atoms with Crippen LogP contribution in [0.3, 0.4) is 0 Å². The Balaban J connectivity index is 1.92. The van der Waals surface area contributed by atoms with Gasteiger partial charge in [-0.2, -0.15) is 5.10 Å². The highest BCUT2D eigenvalue weighted by Gasteiger charge is 2.29. The Hall–Kier alpha value is -3.56. The highest BCUT2D eigenvalue weighted by molar-refractivity contribution is 7.92. The van der Waals surface area contributed by atoms with E-state index in [0.29, 0.717) is 16.3 Å². The summed E-state index contributed by atoms with van der Waals surface area (Å²) >= 11 is 5.86. The monoisotopic (exact) mass is 487 g/mol. The number of anilines is 1. The van der Waals surface area contributed by atoms with Crippen molar-refractivity contribution >= 4 is 39.4 Å². The lowest BCUT2D eigenvalue weighted by molar-refractivity contribution is -0.119. The minimum absolute atomic E-state index is 0.0207. The van der Waals surface area contributed by atoms with E-state index in [0.717, 1.165) is 4.31 Å². The Kier molecular flexibility index (Phi) is 7.92. The Bertz CT molecular complexity index is 1230. The molecule has 33 heavy (non-hydrogen) atoms. The molecule has 1 N–H and O–H groups in total. The summed E-state index contributed by atoms with van der Waals surface area (Å²) in [6.07, 6.45) is 1.43.